The number of anilines is 1. The summed E-state index contributed by atoms with van der Waals surface area (Å²) in [4.78, 5) is 23.2. The Hall–Kier alpha value is -2.57. The van der Waals surface area contributed by atoms with Crippen molar-refractivity contribution in [2.75, 3.05) is 5.32 Å². The quantitative estimate of drug-likeness (QED) is 0.675. The van der Waals surface area contributed by atoms with Gasteiger partial charge in [-0.1, -0.05) is 41.9 Å². The van der Waals surface area contributed by atoms with Crippen LogP contribution in [-0.2, 0) is 4.79 Å². The molecular weight excluding hydrogens is 320 g/mol. The lowest BCUT2D eigenvalue weighted by Gasteiger charge is -2.21. The highest BCUT2D eigenvalue weighted by Crippen LogP contribution is 2.17. The molecule has 0 aromatic heterocycles. The summed E-state index contributed by atoms with van der Waals surface area (Å²) in [5.74, 6) is -1.34. The number of carboxylic acid groups (broad SMARTS) is 1. The fraction of sp³-hybridized carbons (Fsp3) is 0.125. The standard InChI is InChI=1S/C16H15ClN2O4/c17-11-6-8-12(9-7-11)18-16(23)19-13(15(21)22)14(20)10-4-2-1-3-5-10/h1-9,13-14,20H,(H,21,22)(H2,18,19,23). The van der Waals surface area contributed by atoms with Gasteiger partial charge in [0.15, 0.2) is 6.04 Å². The largest absolute Gasteiger partial charge is 0.480 e. The molecule has 4 N–H and O–H groups in total. The van der Waals surface area contributed by atoms with Crippen LogP contribution in [0.25, 0.3) is 0 Å². The third kappa shape index (κ3) is 4.70. The molecule has 2 atom stereocenters. The number of hydrogen-bond donors (Lipinski definition) is 4. The molecule has 0 spiro atoms. The summed E-state index contributed by atoms with van der Waals surface area (Å²) < 4.78 is 0. The SMILES string of the molecule is O=C(Nc1ccc(Cl)cc1)NC(C(=O)O)C(O)c1ccccc1. The minimum Gasteiger partial charge on any atom is -0.480 e. The Kier molecular flexibility index (Phi) is 5.56. The minimum atomic E-state index is -1.48. The van der Waals surface area contributed by atoms with Gasteiger partial charge in [0.1, 0.15) is 6.10 Å². The molecule has 0 aliphatic heterocycles. The number of aliphatic hydroxyl groups excluding tert-OH is 1. The Morgan fingerprint density at radius 3 is 2.17 bits per heavy atom. The van der Waals surface area contributed by atoms with Crippen LogP contribution in [-0.4, -0.2) is 28.3 Å². The van der Waals surface area contributed by atoms with Gasteiger partial charge < -0.3 is 20.8 Å². The first-order valence-corrected chi connectivity index (χ1v) is 7.14. The lowest BCUT2D eigenvalue weighted by atomic mass is 10.0. The molecule has 0 saturated carbocycles. The van der Waals surface area contributed by atoms with Gasteiger partial charge in [0.25, 0.3) is 0 Å². The highest BCUT2D eigenvalue weighted by atomic mass is 35.5. The number of nitrogens with one attached hydrogen (secondary N) is 2. The summed E-state index contributed by atoms with van der Waals surface area (Å²) in [6.45, 7) is 0. The highest BCUT2D eigenvalue weighted by molar-refractivity contribution is 6.30. The summed E-state index contributed by atoms with van der Waals surface area (Å²) in [6, 6.07) is 12.4. The molecule has 2 unspecified atom stereocenters. The van der Waals surface area contributed by atoms with Crippen molar-refractivity contribution < 1.29 is 19.8 Å². The molecule has 2 rings (SSSR count). The monoisotopic (exact) mass is 334 g/mol. The zero-order valence-corrected chi connectivity index (χ0v) is 12.7. The Morgan fingerprint density at radius 1 is 1.00 bits per heavy atom. The van der Waals surface area contributed by atoms with Gasteiger partial charge in [-0.15, -0.1) is 0 Å². The van der Waals surface area contributed by atoms with Crippen LogP contribution < -0.4 is 10.6 Å². The molecule has 0 heterocycles. The lowest BCUT2D eigenvalue weighted by molar-refractivity contribution is -0.142. The predicted octanol–water partition coefficient (Wildman–Crippen LogP) is 2.65. The second kappa shape index (κ2) is 7.62. The Morgan fingerprint density at radius 2 is 1.61 bits per heavy atom. The van der Waals surface area contributed by atoms with Crippen LogP contribution in [0.5, 0.6) is 0 Å². The molecule has 120 valence electrons. The molecule has 23 heavy (non-hydrogen) atoms. The molecule has 2 aromatic carbocycles. The fourth-order valence-corrected chi connectivity index (χ4v) is 2.09. The van der Waals surface area contributed by atoms with Gasteiger partial charge in [-0.3, -0.25) is 0 Å². The summed E-state index contributed by atoms with van der Waals surface area (Å²) in [6.07, 6.45) is -1.37. The number of amides is 2. The van der Waals surface area contributed by atoms with Crippen molar-refractivity contribution >= 4 is 29.3 Å². The van der Waals surface area contributed by atoms with Crippen molar-refractivity contribution in [1.29, 1.82) is 0 Å². The average Bonchev–Trinajstić information content (AvgIpc) is 2.55. The van der Waals surface area contributed by atoms with Gasteiger partial charge >= 0.3 is 12.0 Å². The molecule has 7 heteroatoms. The zero-order valence-electron chi connectivity index (χ0n) is 11.9. The number of halogens is 1. The van der Waals surface area contributed by atoms with E-state index in [1.807, 2.05) is 0 Å². The maximum Gasteiger partial charge on any atom is 0.329 e. The topological polar surface area (TPSA) is 98.7 Å². The summed E-state index contributed by atoms with van der Waals surface area (Å²) >= 11 is 5.74. The number of aliphatic hydroxyl groups is 1. The first-order chi connectivity index (χ1) is 11.0. The molecule has 0 aliphatic carbocycles. The Balaban J connectivity index is 2.05. The first kappa shape index (κ1) is 16.8. The fourth-order valence-electron chi connectivity index (χ4n) is 1.96. The average molecular weight is 335 g/mol. The van der Waals surface area contributed by atoms with E-state index >= 15 is 0 Å². The predicted molar refractivity (Wildman–Crippen MR) is 86.4 cm³/mol. The lowest BCUT2D eigenvalue weighted by Crippen LogP contribution is -2.46. The number of carboxylic acids is 1. The molecule has 0 fully saturated rings. The van der Waals surface area contributed by atoms with Crippen molar-refractivity contribution in [1.82, 2.24) is 5.32 Å². The summed E-state index contributed by atoms with van der Waals surface area (Å²) in [5, 5.41) is 24.6. The molecule has 0 saturated heterocycles. The van der Waals surface area contributed by atoms with Crippen molar-refractivity contribution in [2.45, 2.75) is 12.1 Å². The third-order valence-corrected chi connectivity index (χ3v) is 3.36. The van der Waals surface area contributed by atoms with E-state index in [0.29, 0.717) is 16.3 Å². The molecule has 0 radical (unpaired) electrons. The van der Waals surface area contributed by atoms with Crippen LogP contribution in [0.1, 0.15) is 11.7 Å². The summed E-state index contributed by atoms with van der Waals surface area (Å²) in [7, 11) is 0. The number of urea groups is 1. The Bertz CT molecular complexity index is 676. The van der Waals surface area contributed by atoms with E-state index < -0.39 is 24.1 Å². The van der Waals surface area contributed by atoms with Gasteiger partial charge in [-0.25, -0.2) is 9.59 Å². The number of carbonyl (C=O) groups excluding carboxylic acids is 1. The molecule has 0 bridgehead atoms. The first-order valence-electron chi connectivity index (χ1n) is 6.76. The van der Waals surface area contributed by atoms with Crippen molar-refractivity contribution in [2.24, 2.45) is 0 Å². The van der Waals surface area contributed by atoms with Crippen LogP contribution in [0.3, 0.4) is 0 Å². The van der Waals surface area contributed by atoms with Crippen molar-refractivity contribution in [3.05, 3.63) is 65.2 Å². The minimum absolute atomic E-state index is 0.395. The van der Waals surface area contributed by atoms with Crippen LogP contribution in [0.2, 0.25) is 5.02 Å². The van der Waals surface area contributed by atoms with Crippen LogP contribution in [0.15, 0.2) is 54.6 Å². The van der Waals surface area contributed by atoms with Gasteiger partial charge in [0.05, 0.1) is 0 Å². The normalized spacial score (nSPS) is 13.0. The van der Waals surface area contributed by atoms with E-state index in [0.717, 1.165) is 0 Å². The molecule has 2 aromatic rings. The van der Waals surface area contributed by atoms with Crippen molar-refractivity contribution in [3.8, 4) is 0 Å². The van der Waals surface area contributed by atoms with Gasteiger partial charge in [0.2, 0.25) is 0 Å². The van der Waals surface area contributed by atoms with E-state index in [-0.39, 0.29) is 0 Å². The zero-order chi connectivity index (χ0) is 16.8. The number of hydrogen-bond acceptors (Lipinski definition) is 3. The molecule has 6 nitrogen and oxygen atoms in total. The van der Waals surface area contributed by atoms with E-state index in [2.05, 4.69) is 10.6 Å². The third-order valence-electron chi connectivity index (χ3n) is 3.11. The van der Waals surface area contributed by atoms with E-state index in [4.69, 9.17) is 11.6 Å². The molecule has 0 aliphatic rings. The van der Waals surface area contributed by atoms with Gasteiger partial charge in [-0.05, 0) is 29.8 Å². The number of benzene rings is 2. The van der Waals surface area contributed by atoms with E-state index in [9.17, 15) is 19.8 Å². The van der Waals surface area contributed by atoms with E-state index in [1.54, 1.807) is 54.6 Å². The molecule has 2 amide bonds. The van der Waals surface area contributed by atoms with Gasteiger partial charge in [0, 0.05) is 10.7 Å². The second-order valence-corrected chi connectivity index (χ2v) is 5.21. The Labute approximate surface area is 137 Å². The number of aliphatic carboxylic acids is 1. The van der Waals surface area contributed by atoms with Crippen LogP contribution in [0.4, 0.5) is 10.5 Å². The van der Waals surface area contributed by atoms with Crippen LogP contribution in [0, 0.1) is 0 Å². The van der Waals surface area contributed by atoms with Crippen molar-refractivity contribution in [3.63, 3.8) is 0 Å². The smallest absolute Gasteiger partial charge is 0.329 e. The van der Waals surface area contributed by atoms with Gasteiger partial charge in [-0.2, -0.15) is 0 Å². The summed E-state index contributed by atoms with van der Waals surface area (Å²) in [5.41, 5.74) is 0.844. The maximum atomic E-state index is 11.9. The molecular formula is C16H15ClN2O4. The van der Waals surface area contributed by atoms with Crippen LogP contribution >= 0.6 is 11.6 Å². The number of carbonyl (C=O) groups is 2. The number of rotatable bonds is 5. The highest BCUT2D eigenvalue weighted by Gasteiger charge is 2.29. The second-order valence-electron chi connectivity index (χ2n) is 4.78. The maximum absolute atomic E-state index is 11.9. The van der Waals surface area contributed by atoms with E-state index in [1.165, 1.54) is 0 Å².